The summed E-state index contributed by atoms with van der Waals surface area (Å²) in [7, 11) is -4.64. The van der Waals surface area contributed by atoms with Gasteiger partial charge in [-0.3, -0.25) is 0 Å². The molecule has 0 atom stereocenters. The Labute approximate surface area is 184 Å². The molecule has 0 unspecified atom stereocenters. The highest BCUT2D eigenvalue weighted by Gasteiger charge is 2.36. The molecule has 3 rings (SSSR count). The summed E-state index contributed by atoms with van der Waals surface area (Å²) in [6.07, 6.45) is -7.86. The molecule has 0 saturated heterocycles. The number of rotatable bonds is 2. The summed E-state index contributed by atoms with van der Waals surface area (Å²) < 4.78 is 106. The molecular formula is C22H10F6N2O2S. The van der Waals surface area contributed by atoms with E-state index in [2.05, 4.69) is 4.85 Å². The second-order valence-electron chi connectivity index (χ2n) is 6.71. The van der Waals surface area contributed by atoms with Gasteiger partial charge in [0.05, 0.1) is 33.6 Å². The van der Waals surface area contributed by atoms with E-state index in [1.807, 2.05) is 0 Å². The van der Waals surface area contributed by atoms with Gasteiger partial charge < -0.3 is 0 Å². The maximum absolute atomic E-state index is 13.3. The lowest BCUT2D eigenvalue weighted by molar-refractivity contribution is -0.138. The van der Waals surface area contributed by atoms with Crippen molar-refractivity contribution >= 4 is 19.6 Å². The largest absolute Gasteiger partial charge is 0.416 e. The average molecular weight is 480 g/mol. The summed E-state index contributed by atoms with van der Waals surface area (Å²) in [6.45, 7) is 7.11. The van der Waals surface area contributed by atoms with Crippen molar-refractivity contribution in [3.63, 3.8) is 0 Å². The van der Waals surface area contributed by atoms with Crippen LogP contribution in [-0.2, 0) is 22.2 Å². The van der Waals surface area contributed by atoms with Gasteiger partial charge in [-0.25, -0.2) is 18.5 Å². The molecule has 2 aromatic rings. The van der Waals surface area contributed by atoms with Crippen LogP contribution >= 0.6 is 0 Å². The van der Waals surface area contributed by atoms with E-state index < -0.39 is 60.0 Å². The standard InChI is InChI=1S/C22H10F6N2O2S/c1-30-18(12-29)15-10-19(13-4-2-6-16(8-13)21(23,24)25)33(31,32)20(11-15)14-5-3-7-17(9-14)22(26,27)28/h2-11H. The maximum atomic E-state index is 13.3. The highest BCUT2D eigenvalue weighted by Crippen LogP contribution is 2.42. The topological polar surface area (TPSA) is 62.3 Å². The van der Waals surface area contributed by atoms with Crippen LogP contribution in [0, 0.1) is 17.9 Å². The Morgan fingerprint density at radius 1 is 0.848 bits per heavy atom. The predicted molar refractivity (Wildman–Crippen MR) is 107 cm³/mol. The Bertz CT molecular complexity index is 1320. The minimum atomic E-state index is -4.79. The minimum absolute atomic E-state index is 0.262. The van der Waals surface area contributed by atoms with Crippen molar-refractivity contribution in [2.45, 2.75) is 12.4 Å². The van der Waals surface area contributed by atoms with E-state index in [0.29, 0.717) is 12.1 Å². The first-order valence-corrected chi connectivity index (χ1v) is 10.3. The van der Waals surface area contributed by atoms with Crippen LogP contribution in [0.2, 0.25) is 0 Å². The fourth-order valence-corrected chi connectivity index (χ4v) is 4.74. The molecule has 0 amide bonds. The number of alkyl halides is 6. The first kappa shape index (κ1) is 23.8. The molecule has 33 heavy (non-hydrogen) atoms. The monoisotopic (exact) mass is 480 g/mol. The molecule has 0 saturated carbocycles. The summed E-state index contributed by atoms with van der Waals surface area (Å²) in [5.41, 5.74) is -3.95. The van der Waals surface area contributed by atoms with Gasteiger partial charge in [-0.2, -0.15) is 26.3 Å². The summed E-state index contributed by atoms with van der Waals surface area (Å²) in [5, 5.41) is 9.20. The van der Waals surface area contributed by atoms with Crippen molar-refractivity contribution < 1.29 is 34.8 Å². The lowest BCUT2D eigenvalue weighted by Crippen LogP contribution is -2.13. The van der Waals surface area contributed by atoms with E-state index in [1.54, 1.807) is 6.07 Å². The lowest BCUT2D eigenvalue weighted by Gasteiger charge is -2.20. The van der Waals surface area contributed by atoms with Gasteiger partial charge in [0, 0.05) is 0 Å². The van der Waals surface area contributed by atoms with Crippen molar-refractivity contribution in [1.82, 2.24) is 0 Å². The number of sulfone groups is 1. The smallest absolute Gasteiger partial charge is 0.226 e. The van der Waals surface area contributed by atoms with Gasteiger partial charge in [0.2, 0.25) is 9.84 Å². The van der Waals surface area contributed by atoms with Crippen LogP contribution in [0.25, 0.3) is 14.7 Å². The molecule has 11 heteroatoms. The quantitative estimate of drug-likeness (QED) is 0.291. The third-order valence-corrected chi connectivity index (χ3v) is 6.46. The molecule has 1 heterocycles. The van der Waals surface area contributed by atoms with Crippen molar-refractivity contribution in [3.05, 3.63) is 106 Å². The molecule has 0 bridgehead atoms. The number of nitriles is 1. The van der Waals surface area contributed by atoms with E-state index >= 15 is 0 Å². The Hall–Kier alpha value is -3.83. The molecule has 168 valence electrons. The normalized spacial score (nSPS) is 15.7. The molecule has 0 N–H and O–H groups in total. The minimum Gasteiger partial charge on any atom is -0.226 e. The molecule has 0 aromatic heterocycles. The zero-order valence-corrected chi connectivity index (χ0v) is 17.0. The number of hydrogen-bond donors (Lipinski definition) is 0. The Balaban J connectivity index is 2.32. The SMILES string of the molecule is [C-]#[N+]C(C#N)=C1C=C(c2cccc(C(F)(F)F)c2)S(=O)(=O)C(c2cccc(C(F)(F)F)c2)=C1. The van der Waals surface area contributed by atoms with Gasteiger partial charge in [-0.1, -0.05) is 24.3 Å². The molecule has 0 aliphatic carbocycles. The molecule has 0 fully saturated rings. The van der Waals surface area contributed by atoms with Crippen molar-refractivity contribution in [2.75, 3.05) is 0 Å². The summed E-state index contributed by atoms with van der Waals surface area (Å²) in [6, 6.07) is 8.23. The fourth-order valence-electron chi connectivity index (χ4n) is 3.06. The van der Waals surface area contributed by atoms with Crippen LogP contribution in [-0.4, -0.2) is 8.42 Å². The zero-order valence-electron chi connectivity index (χ0n) is 16.2. The number of hydrogen-bond acceptors (Lipinski definition) is 3. The van der Waals surface area contributed by atoms with Crippen molar-refractivity contribution in [1.29, 1.82) is 5.26 Å². The van der Waals surface area contributed by atoms with Gasteiger partial charge in [0.25, 0.3) is 5.70 Å². The van der Waals surface area contributed by atoms with E-state index in [4.69, 9.17) is 6.57 Å². The Morgan fingerprint density at radius 3 is 1.61 bits per heavy atom. The molecular weight excluding hydrogens is 470 g/mol. The number of nitrogens with zero attached hydrogens (tertiary/aromatic N) is 2. The number of halogens is 6. The Morgan fingerprint density at radius 2 is 1.27 bits per heavy atom. The molecule has 2 aromatic carbocycles. The third kappa shape index (κ3) is 4.69. The average Bonchev–Trinajstić information content (AvgIpc) is 2.74. The van der Waals surface area contributed by atoms with Gasteiger partial charge in [0.1, 0.15) is 0 Å². The van der Waals surface area contributed by atoms with Crippen LogP contribution in [0.4, 0.5) is 26.3 Å². The summed E-state index contributed by atoms with van der Waals surface area (Å²) >= 11 is 0. The number of allylic oxidation sites excluding steroid dienone is 4. The van der Waals surface area contributed by atoms with Gasteiger partial charge in [0.15, 0.2) is 0 Å². The van der Waals surface area contributed by atoms with E-state index in [-0.39, 0.29) is 5.57 Å². The Kier molecular flexibility index (Phi) is 5.96. The van der Waals surface area contributed by atoms with Crippen LogP contribution < -0.4 is 0 Å². The fraction of sp³-hybridized carbons (Fsp3) is 0.0909. The highest BCUT2D eigenvalue weighted by atomic mass is 32.2. The van der Waals surface area contributed by atoms with Gasteiger partial charge >= 0.3 is 12.4 Å². The number of benzene rings is 2. The van der Waals surface area contributed by atoms with Gasteiger partial charge in [-0.05, 0) is 53.1 Å². The second kappa shape index (κ2) is 8.26. The molecule has 1 aliphatic heterocycles. The van der Waals surface area contributed by atoms with E-state index in [9.17, 15) is 40.0 Å². The van der Waals surface area contributed by atoms with Crippen LogP contribution in [0.3, 0.4) is 0 Å². The lowest BCUT2D eigenvalue weighted by atomic mass is 10.0. The summed E-state index contributed by atoms with van der Waals surface area (Å²) in [4.78, 5) is 1.60. The second-order valence-corrected chi connectivity index (χ2v) is 8.59. The van der Waals surface area contributed by atoms with Crippen LogP contribution in [0.1, 0.15) is 22.3 Å². The molecule has 4 nitrogen and oxygen atoms in total. The first-order valence-electron chi connectivity index (χ1n) is 8.84. The van der Waals surface area contributed by atoms with Crippen molar-refractivity contribution in [2.24, 2.45) is 0 Å². The summed E-state index contributed by atoms with van der Waals surface area (Å²) in [5.74, 6) is 0. The van der Waals surface area contributed by atoms with Crippen molar-refractivity contribution in [3.8, 4) is 6.07 Å². The van der Waals surface area contributed by atoms with E-state index in [1.165, 1.54) is 0 Å². The maximum Gasteiger partial charge on any atom is 0.416 e. The highest BCUT2D eigenvalue weighted by molar-refractivity contribution is 8.09. The molecule has 0 spiro atoms. The van der Waals surface area contributed by atoms with Crippen LogP contribution in [0.15, 0.2) is 72.0 Å². The van der Waals surface area contributed by atoms with E-state index in [0.717, 1.165) is 48.6 Å². The zero-order chi connectivity index (χ0) is 24.6. The third-order valence-electron chi connectivity index (χ3n) is 4.59. The predicted octanol–water partition coefficient (Wildman–Crippen LogP) is 6.23. The first-order chi connectivity index (χ1) is 15.3. The van der Waals surface area contributed by atoms with Crippen LogP contribution in [0.5, 0.6) is 0 Å². The molecule has 0 radical (unpaired) electrons. The molecule has 1 aliphatic rings. The van der Waals surface area contributed by atoms with Gasteiger partial charge in [-0.15, -0.1) is 0 Å².